The largest absolute Gasteiger partial charge is 0.0683 e. The molecule has 0 unspecified atom stereocenters. The third kappa shape index (κ3) is 8.27. The van der Waals surface area contributed by atoms with E-state index in [1.54, 1.807) is 0 Å². The molecule has 0 radical (unpaired) electrons. The van der Waals surface area contributed by atoms with E-state index in [0.29, 0.717) is 0 Å². The van der Waals surface area contributed by atoms with Crippen molar-refractivity contribution in [2.24, 2.45) is 0 Å². The van der Waals surface area contributed by atoms with Gasteiger partial charge in [0, 0.05) is 0 Å². The minimum absolute atomic E-state index is 1.14. The van der Waals surface area contributed by atoms with E-state index in [1.807, 2.05) is 38.1 Å². The summed E-state index contributed by atoms with van der Waals surface area (Å²) < 4.78 is 0. The second kappa shape index (κ2) is 10.9. The van der Waals surface area contributed by atoms with Crippen molar-refractivity contribution >= 4 is 0 Å². The van der Waals surface area contributed by atoms with Gasteiger partial charge in [-0.2, -0.15) is 0 Å². The summed E-state index contributed by atoms with van der Waals surface area (Å²) in [4.78, 5) is 0. The normalized spacial score (nSPS) is 8.24. The Labute approximate surface area is 106 Å². The SMILES string of the molecule is CC.CCc1ccccc1.Cc1ccccc1. The molecule has 0 N–H and O–H groups in total. The zero-order valence-electron chi connectivity index (χ0n) is 11.5. The summed E-state index contributed by atoms with van der Waals surface area (Å²) in [5.74, 6) is 0. The molecule has 2 aromatic carbocycles. The Morgan fingerprint density at radius 2 is 1.12 bits per heavy atom. The first-order chi connectivity index (χ1) is 8.33. The molecule has 0 atom stereocenters. The maximum Gasteiger partial charge on any atom is -0.0307 e. The molecule has 17 heavy (non-hydrogen) atoms. The van der Waals surface area contributed by atoms with Crippen LogP contribution in [-0.4, -0.2) is 0 Å². The van der Waals surface area contributed by atoms with Gasteiger partial charge in [-0.1, -0.05) is 87.0 Å². The fraction of sp³-hybridized carbons (Fsp3) is 0.294. The van der Waals surface area contributed by atoms with Crippen LogP contribution >= 0.6 is 0 Å². The number of rotatable bonds is 1. The van der Waals surface area contributed by atoms with Gasteiger partial charge >= 0.3 is 0 Å². The summed E-state index contributed by atoms with van der Waals surface area (Å²) in [6.07, 6.45) is 1.14. The lowest BCUT2D eigenvalue weighted by atomic mass is 10.2. The molecule has 0 saturated heterocycles. The van der Waals surface area contributed by atoms with Gasteiger partial charge in [0.15, 0.2) is 0 Å². The quantitative estimate of drug-likeness (QED) is 0.623. The maximum absolute atomic E-state index is 2.16. The first kappa shape index (κ1) is 15.4. The van der Waals surface area contributed by atoms with Gasteiger partial charge in [-0.25, -0.2) is 0 Å². The summed E-state index contributed by atoms with van der Waals surface area (Å²) >= 11 is 0. The van der Waals surface area contributed by atoms with Crippen molar-refractivity contribution in [3.05, 3.63) is 71.8 Å². The molecule has 0 bridgehead atoms. The zero-order chi connectivity index (χ0) is 12.9. The van der Waals surface area contributed by atoms with Gasteiger partial charge in [0.2, 0.25) is 0 Å². The Morgan fingerprint density at radius 1 is 0.706 bits per heavy atom. The number of benzene rings is 2. The van der Waals surface area contributed by atoms with E-state index < -0.39 is 0 Å². The molecule has 0 fully saturated rings. The van der Waals surface area contributed by atoms with Crippen LogP contribution in [0, 0.1) is 6.92 Å². The van der Waals surface area contributed by atoms with Gasteiger partial charge in [-0.05, 0) is 18.9 Å². The highest BCUT2D eigenvalue weighted by molar-refractivity contribution is 5.14. The smallest absolute Gasteiger partial charge is 0.0307 e. The maximum atomic E-state index is 2.16. The molecular formula is C17H24. The molecule has 92 valence electrons. The van der Waals surface area contributed by atoms with E-state index in [-0.39, 0.29) is 0 Å². The molecule has 2 aromatic rings. The van der Waals surface area contributed by atoms with Crippen molar-refractivity contribution < 1.29 is 0 Å². The van der Waals surface area contributed by atoms with Crippen LogP contribution in [0.4, 0.5) is 0 Å². The average molecular weight is 228 g/mol. The first-order valence-electron chi connectivity index (χ1n) is 6.38. The third-order valence-corrected chi connectivity index (χ3v) is 2.19. The Balaban J connectivity index is 0.000000265. The number of hydrogen-bond donors (Lipinski definition) is 0. The number of aryl methyl sites for hydroxylation is 2. The summed E-state index contributed by atoms with van der Waals surface area (Å²) in [6, 6.07) is 20.7. The van der Waals surface area contributed by atoms with Gasteiger partial charge in [-0.15, -0.1) is 0 Å². The van der Waals surface area contributed by atoms with Gasteiger partial charge in [-0.3, -0.25) is 0 Å². The molecule has 0 spiro atoms. The standard InChI is InChI=1S/C8H10.C7H8.C2H6/c1-2-8-6-4-3-5-7-8;1-7-5-3-2-4-6-7;1-2/h3-7H,2H2,1H3;2-6H,1H3;1-2H3. The van der Waals surface area contributed by atoms with E-state index in [9.17, 15) is 0 Å². The molecule has 0 aliphatic heterocycles. The summed E-state index contributed by atoms with van der Waals surface area (Å²) in [5.41, 5.74) is 2.73. The highest BCUT2D eigenvalue weighted by atomic mass is 13.9. The molecule has 0 saturated carbocycles. The lowest BCUT2D eigenvalue weighted by Crippen LogP contribution is -1.73. The van der Waals surface area contributed by atoms with E-state index in [2.05, 4.69) is 50.2 Å². The zero-order valence-corrected chi connectivity index (χ0v) is 11.5. The molecule has 0 aliphatic rings. The molecule has 0 amide bonds. The lowest BCUT2D eigenvalue weighted by Gasteiger charge is -1.89. The van der Waals surface area contributed by atoms with E-state index >= 15 is 0 Å². The van der Waals surface area contributed by atoms with Crippen molar-refractivity contribution in [3.63, 3.8) is 0 Å². The monoisotopic (exact) mass is 228 g/mol. The summed E-state index contributed by atoms with van der Waals surface area (Å²) in [7, 11) is 0. The van der Waals surface area contributed by atoms with Crippen molar-refractivity contribution in [2.75, 3.05) is 0 Å². The van der Waals surface area contributed by atoms with Crippen LogP contribution in [0.25, 0.3) is 0 Å². The summed E-state index contributed by atoms with van der Waals surface area (Å²) in [6.45, 7) is 8.25. The van der Waals surface area contributed by atoms with Crippen LogP contribution in [0.15, 0.2) is 60.7 Å². The Kier molecular flexibility index (Phi) is 9.94. The van der Waals surface area contributed by atoms with Crippen LogP contribution < -0.4 is 0 Å². The highest BCUT2D eigenvalue weighted by Gasteiger charge is 1.79. The molecule has 2 rings (SSSR count). The lowest BCUT2D eigenvalue weighted by molar-refractivity contribution is 1.14. The van der Waals surface area contributed by atoms with Gasteiger partial charge < -0.3 is 0 Å². The van der Waals surface area contributed by atoms with Gasteiger partial charge in [0.1, 0.15) is 0 Å². The van der Waals surface area contributed by atoms with Gasteiger partial charge in [0.05, 0.1) is 0 Å². The number of hydrogen-bond acceptors (Lipinski definition) is 0. The van der Waals surface area contributed by atoms with Crippen molar-refractivity contribution in [2.45, 2.75) is 34.1 Å². The van der Waals surface area contributed by atoms with Crippen LogP contribution in [0.5, 0.6) is 0 Å². The predicted molar refractivity (Wildman–Crippen MR) is 78.3 cm³/mol. The van der Waals surface area contributed by atoms with Crippen LogP contribution in [0.2, 0.25) is 0 Å². The van der Waals surface area contributed by atoms with E-state index in [0.717, 1.165) is 6.42 Å². The minimum atomic E-state index is 1.14. The van der Waals surface area contributed by atoms with Crippen molar-refractivity contribution in [3.8, 4) is 0 Å². The second-order valence-corrected chi connectivity index (χ2v) is 3.49. The molecule has 0 heterocycles. The summed E-state index contributed by atoms with van der Waals surface area (Å²) in [5, 5.41) is 0. The van der Waals surface area contributed by atoms with Crippen LogP contribution in [-0.2, 0) is 6.42 Å². The Hall–Kier alpha value is -1.56. The fourth-order valence-corrected chi connectivity index (χ4v) is 1.25. The van der Waals surface area contributed by atoms with E-state index in [1.165, 1.54) is 11.1 Å². The fourth-order valence-electron chi connectivity index (χ4n) is 1.25. The van der Waals surface area contributed by atoms with Crippen molar-refractivity contribution in [1.29, 1.82) is 0 Å². The van der Waals surface area contributed by atoms with E-state index in [4.69, 9.17) is 0 Å². The minimum Gasteiger partial charge on any atom is -0.0683 e. The average Bonchev–Trinajstić information content (AvgIpc) is 2.43. The highest BCUT2D eigenvalue weighted by Crippen LogP contribution is 1.96. The second-order valence-electron chi connectivity index (χ2n) is 3.49. The van der Waals surface area contributed by atoms with Crippen LogP contribution in [0.1, 0.15) is 31.9 Å². The van der Waals surface area contributed by atoms with Crippen molar-refractivity contribution in [1.82, 2.24) is 0 Å². The topological polar surface area (TPSA) is 0 Å². The van der Waals surface area contributed by atoms with Gasteiger partial charge in [0.25, 0.3) is 0 Å². The molecule has 0 heteroatoms. The predicted octanol–water partition coefficient (Wildman–Crippen LogP) is 5.27. The molecule has 0 aliphatic carbocycles. The molecule has 0 nitrogen and oxygen atoms in total. The Bertz CT molecular complexity index is 348. The molecular weight excluding hydrogens is 204 g/mol. The molecule has 0 aromatic heterocycles. The third-order valence-electron chi connectivity index (χ3n) is 2.19. The first-order valence-corrected chi connectivity index (χ1v) is 6.38. The van der Waals surface area contributed by atoms with Crippen LogP contribution in [0.3, 0.4) is 0 Å². The Morgan fingerprint density at radius 3 is 1.35 bits per heavy atom.